The molecule has 2 N–H and O–H groups in total. The minimum absolute atomic E-state index is 0.0402. The summed E-state index contributed by atoms with van der Waals surface area (Å²) in [5, 5.41) is 3.05. The molecular formula is C59H114N2O7P+. The molecule has 69 heavy (non-hydrogen) atoms. The van der Waals surface area contributed by atoms with Crippen molar-refractivity contribution in [1.29, 1.82) is 0 Å². The van der Waals surface area contributed by atoms with Crippen molar-refractivity contribution < 1.29 is 37.3 Å². The number of quaternary nitrogens is 1. The molecule has 0 rings (SSSR count). The lowest BCUT2D eigenvalue weighted by atomic mass is 10.0. The van der Waals surface area contributed by atoms with Gasteiger partial charge in [0.25, 0.3) is 0 Å². The van der Waals surface area contributed by atoms with E-state index in [1.807, 2.05) is 33.3 Å². The number of rotatable bonds is 53. The lowest BCUT2D eigenvalue weighted by Crippen LogP contribution is -2.47. The highest BCUT2D eigenvalue weighted by Gasteiger charge is 2.30. The number of allylic oxidation sites excluding steroid dienone is 5. The maximum atomic E-state index is 13.5. The monoisotopic (exact) mass is 994 g/mol. The molecule has 0 aromatic heterocycles. The molecule has 0 aromatic rings. The van der Waals surface area contributed by atoms with Gasteiger partial charge in [0.15, 0.2) is 0 Å². The number of carbonyl (C=O) groups excluding carboxylic acids is 2. The molecule has 0 radical (unpaired) electrons. The van der Waals surface area contributed by atoms with E-state index in [4.69, 9.17) is 13.8 Å². The zero-order valence-electron chi connectivity index (χ0n) is 46.3. The Kier molecular flexibility index (Phi) is 48.5. The fourth-order valence-electron chi connectivity index (χ4n) is 8.52. The molecular weight excluding hydrogens is 880 g/mol. The number of amides is 1. The third-order valence-corrected chi connectivity index (χ3v) is 14.1. The second-order valence-corrected chi connectivity index (χ2v) is 22.7. The maximum absolute atomic E-state index is 13.5. The number of esters is 1. The number of nitrogens with zero attached hydrogens (tertiary/aromatic N) is 1. The third kappa shape index (κ3) is 51.0. The van der Waals surface area contributed by atoms with E-state index < -0.39 is 20.0 Å². The van der Waals surface area contributed by atoms with Crippen LogP contribution in [0.15, 0.2) is 36.5 Å². The summed E-state index contributed by atoms with van der Waals surface area (Å²) in [7, 11) is 1.50. The van der Waals surface area contributed by atoms with Crippen LogP contribution in [0.1, 0.15) is 278 Å². The first-order chi connectivity index (χ1) is 33.4. The van der Waals surface area contributed by atoms with Crippen molar-refractivity contribution in [2.75, 3.05) is 40.9 Å². The van der Waals surface area contributed by atoms with E-state index in [1.165, 1.54) is 167 Å². The number of nitrogens with one attached hydrogen (secondary N) is 1. The van der Waals surface area contributed by atoms with Crippen LogP contribution >= 0.6 is 7.82 Å². The van der Waals surface area contributed by atoms with Crippen molar-refractivity contribution in [2.45, 2.75) is 290 Å². The summed E-state index contributed by atoms with van der Waals surface area (Å²) in [5.41, 5.74) is 0. The number of hydrogen-bond donors (Lipinski definition) is 2. The molecule has 0 heterocycles. The van der Waals surface area contributed by atoms with Gasteiger partial charge in [0.05, 0.1) is 33.8 Å². The van der Waals surface area contributed by atoms with Crippen molar-refractivity contribution in [3.8, 4) is 0 Å². The minimum Gasteiger partial charge on any atom is -0.456 e. The van der Waals surface area contributed by atoms with Gasteiger partial charge in [0.1, 0.15) is 19.3 Å². The number of carbonyl (C=O) groups is 2. The molecule has 0 fully saturated rings. The molecule has 0 saturated heterocycles. The fraction of sp³-hybridized carbons (Fsp3) is 0.864. The number of phosphoric ester groups is 1. The average Bonchev–Trinajstić information content (AvgIpc) is 3.31. The van der Waals surface area contributed by atoms with E-state index >= 15 is 0 Å². The van der Waals surface area contributed by atoms with Gasteiger partial charge in [-0.3, -0.25) is 18.6 Å². The van der Waals surface area contributed by atoms with Gasteiger partial charge >= 0.3 is 13.8 Å². The molecule has 0 aliphatic carbocycles. The van der Waals surface area contributed by atoms with Crippen LogP contribution in [0, 0.1) is 0 Å². The van der Waals surface area contributed by atoms with Crippen molar-refractivity contribution in [2.24, 2.45) is 0 Å². The molecule has 3 unspecified atom stereocenters. The first-order valence-electron chi connectivity index (χ1n) is 29.3. The molecule has 1 amide bonds. The van der Waals surface area contributed by atoms with Crippen LogP contribution in [-0.2, 0) is 27.9 Å². The lowest BCUT2D eigenvalue weighted by Gasteiger charge is -2.27. The summed E-state index contributed by atoms with van der Waals surface area (Å²) in [6.45, 7) is 6.99. The van der Waals surface area contributed by atoms with Crippen molar-refractivity contribution in [3.05, 3.63) is 36.5 Å². The quantitative estimate of drug-likeness (QED) is 0.0156. The summed E-state index contributed by atoms with van der Waals surface area (Å²) in [6, 6.07) is -0.848. The van der Waals surface area contributed by atoms with Gasteiger partial charge in [0, 0.05) is 12.8 Å². The summed E-state index contributed by atoms with van der Waals surface area (Å²) < 4.78 is 30.6. The fourth-order valence-corrected chi connectivity index (χ4v) is 9.26. The Hall–Kier alpha value is -1.77. The zero-order valence-corrected chi connectivity index (χ0v) is 47.2. The SMILES string of the molecule is CCCCC/C=C/C=C/CCCCCCCCC(=O)OC(/C=C/CCCCCCCCCCC)C(COP(=O)(O)OCC[N+](C)(C)C)NC(=O)CCCCCCCCCCCCCCCCCCC. The summed E-state index contributed by atoms with van der Waals surface area (Å²) in [6.07, 6.45) is 58.5. The van der Waals surface area contributed by atoms with Crippen LogP contribution in [0.25, 0.3) is 0 Å². The second kappa shape index (κ2) is 49.8. The maximum Gasteiger partial charge on any atom is 0.472 e. The normalized spacial score (nSPS) is 14.0. The Morgan fingerprint density at radius 3 is 1.30 bits per heavy atom. The van der Waals surface area contributed by atoms with Crippen LogP contribution in [-0.4, -0.2) is 74.3 Å². The van der Waals surface area contributed by atoms with Crippen LogP contribution in [0.5, 0.6) is 0 Å². The van der Waals surface area contributed by atoms with E-state index in [0.717, 1.165) is 77.0 Å². The van der Waals surface area contributed by atoms with Gasteiger partial charge in [-0.25, -0.2) is 4.57 Å². The van der Waals surface area contributed by atoms with Gasteiger partial charge in [-0.05, 0) is 57.4 Å². The number of ether oxygens (including phenoxy) is 1. The third-order valence-electron chi connectivity index (χ3n) is 13.1. The summed E-state index contributed by atoms with van der Waals surface area (Å²) >= 11 is 0. The predicted octanol–water partition coefficient (Wildman–Crippen LogP) is 17.6. The van der Waals surface area contributed by atoms with E-state index in [1.54, 1.807) is 0 Å². The first-order valence-corrected chi connectivity index (χ1v) is 30.8. The zero-order chi connectivity index (χ0) is 50.8. The highest BCUT2D eigenvalue weighted by molar-refractivity contribution is 7.47. The molecule has 0 aliphatic heterocycles. The van der Waals surface area contributed by atoms with E-state index in [-0.39, 0.29) is 31.5 Å². The molecule has 10 heteroatoms. The molecule has 406 valence electrons. The van der Waals surface area contributed by atoms with Crippen LogP contribution < -0.4 is 5.32 Å². The van der Waals surface area contributed by atoms with Crippen LogP contribution in [0.3, 0.4) is 0 Å². The lowest BCUT2D eigenvalue weighted by molar-refractivity contribution is -0.870. The molecule has 3 atom stereocenters. The molecule has 0 aliphatic rings. The highest BCUT2D eigenvalue weighted by Crippen LogP contribution is 2.43. The van der Waals surface area contributed by atoms with Crippen molar-refractivity contribution >= 4 is 19.7 Å². The van der Waals surface area contributed by atoms with Gasteiger partial charge in [0.2, 0.25) is 5.91 Å². The molecule has 0 bridgehead atoms. The Morgan fingerprint density at radius 1 is 0.507 bits per heavy atom. The molecule has 0 aromatic carbocycles. The van der Waals surface area contributed by atoms with Crippen LogP contribution in [0.2, 0.25) is 0 Å². The molecule has 9 nitrogen and oxygen atoms in total. The van der Waals surface area contributed by atoms with E-state index in [2.05, 4.69) is 50.4 Å². The number of likely N-dealkylation sites (N-methyl/N-ethyl adjacent to an activating group) is 1. The largest absolute Gasteiger partial charge is 0.472 e. The smallest absolute Gasteiger partial charge is 0.456 e. The van der Waals surface area contributed by atoms with E-state index in [9.17, 15) is 19.0 Å². The Morgan fingerprint density at radius 2 is 0.870 bits per heavy atom. The van der Waals surface area contributed by atoms with Crippen LogP contribution in [0.4, 0.5) is 0 Å². The standard InChI is InChI=1S/C59H113N2O7P/c1-7-10-13-16-19-22-25-27-29-30-32-33-36-39-42-45-48-51-58(62)60-56(55-67-69(64,65)66-54-53-61(4,5)6)57(50-47-44-41-38-35-24-21-18-15-12-9-3)68-59(63)52-49-46-43-40-37-34-31-28-26-23-20-17-14-11-8-2/h20,23,26,28,47,50,56-57H,7-19,21-22,24-25,27,29-46,48-49,51-55H2,1-6H3,(H-,60,62,64,65)/p+1/b23-20+,28-26+,50-47+. The number of phosphoric acid groups is 1. The Labute approximate surface area is 427 Å². The van der Waals surface area contributed by atoms with Gasteiger partial charge < -0.3 is 19.4 Å². The van der Waals surface area contributed by atoms with Crippen molar-refractivity contribution in [1.82, 2.24) is 5.32 Å². The van der Waals surface area contributed by atoms with Crippen molar-refractivity contribution in [3.63, 3.8) is 0 Å². The summed E-state index contributed by atoms with van der Waals surface area (Å²) in [5.74, 6) is -0.509. The number of hydrogen-bond acceptors (Lipinski definition) is 6. The topological polar surface area (TPSA) is 111 Å². The van der Waals surface area contributed by atoms with Gasteiger partial charge in [-0.2, -0.15) is 0 Å². The Bertz CT molecular complexity index is 1280. The molecule has 0 saturated carbocycles. The molecule has 0 spiro atoms. The van der Waals surface area contributed by atoms with E-state index in [0.29, 0.717) is 17.4 Å². The highest BCUT2D eigenvalue weighted by atomic mass is 31.2. The predicted molar refractivity (Wildman–Crippen MR) is 296 cm³/mol. The van der Waals surface area contributed by atoms with Gasteiger partial charge in [-0.1, -0.05) is 244 Å². The number of unbranched alkanes of at least 4 members (excludes halogenated alkanes) is 34. The summed E-state index contributed by atoms with van der Waals surface area (Å²) in [4.78, 5) is 37.6. The average molecular weight is 995 g/mol. The van der Waals surface area contributed by atoms with Gasteiger partial charge in [-0.15, -0.1) is 0 Å². The minimum atomic E-state index is -4.44. The second-order valence-electron chi connectivity index (χ2n) is 21.2. The Balaban J connectivity index is 5.28. The first kappa shape index (κ1) is 67.2.